The fourth-order valence-electron chi connectivity index (χ4n) is 14.3. The fourth-order valence-corrected chi connectivity index (χ4v) is 14.3. The molecular weight excluding hydrogens is 1360 g/mol. The largest absolute Gasteiger partial charge is 0.496 e. The minimum absolute atomic E-state index is 0.0795. The van der Waals surface area contributed by atoms with Gasteiger partial charge >= 0.3 is 0 Å². The molecule has 6 aromatic carbocycles. The predicted octanol–water partition coefficient (Wildman–Crippen LogP) is 18.7. The van der Waals surface area contributed by atoms with Gasteiger partial charge in [0.05, 0.1) is 40.6 Å². The average Bonchev–Trinajstić information content (AvgIpc) is 0.747. The second kappa shape index (κ2) is 33.0. The number of carbonyl (C=O) groups excluding carboxylic acids is 6. The molecule has 0 fully saturated rings. The highest BCUT2D eigenvalue weighted by atomic mass is 16.5. The number of aromatic nitrogens is 3. The SMILES string of the molecule is CCOc1c(C(C)C)cc2cc1C1c3cc(cc(C(C)C)c3OC)NC(=O)c3cccc(n3)C(=O)Nc3cc(C(C)C)c(OC)c(c3)C(c3cc(cc(C(C)C)c3OCC)NC(=O)c3cccc(n3)C(=O)N2)c2cc(cc(C(C)C)c2OCC)NC(=O)c2cccc(n2)C(=O)Nc2cc(C(C)C)c(OCC)c1c2. The Morgan fingerprint density at radius 2 is 0.444 bits per heavy atom. The summed E-state index contributed by atoms with van der Waals surface area (Å²) in [5.74, 6) is -4.65. The van der Waals surface area contributed by atoms with E-state index in [0.29, 0.717) is 135 Å². The Hall–Kier alpha value is -11.6. The number of nitrogens with one attached hydrogen (secondary N) is 6. The molecule has 6 heterocycles. The van der Waals surface area contributed by atoms with Crippen LogP contribution in [-0.4, -0.2) is 91.0 Å². The third-order valence-corrected chi connectivity index (χ3v) is 19.2. The number of hydrogen-bond donors (Lipinski definition) is 6. The molecule has 3 aliphatic rings. The molecular formula is C87H97N9O12. The number of anilines is 6. The summed E-state index contributed by atoms with van der Waals surface area (Å²) in [7, 11) is 3.15. The van der Waals surface area contributed by atoms with Crippen molar-refractivity contribution >= 4 is 69.6 Å². The maximum absolute atomic E-state index is 15.3. The number of nitrogens with zero attached hydrogens (tertiary/aromatic N) is 3. The molecule has 9 aromatic rings. The smallest absolute Gasteiger partial charge is 0.274 e. The number of amides is 6. The second-order valence-electron chi connectivity index (χ2n) is 28.8. The van der Waals surface area contributed by atoms with Crippen LogP contribution in [0.3, 0.4) is 0 Å². The van der Waals surface area contributed by atoms with E-state index in [2.05, 4.69) is 31.9 Å². The minimum Gasteiger partial charge on any atom is -0.496 e. The van der Waals surface area contributed by atoms with Crippen LogP contribution in [0.4, 0.5) is 34.1 Å². The summed E-state index contributed by atoms with van der Waals surface area (Å²) in [6, 6.07) is 36.0. The van der Waals surface area contributed by atoms with Crippen molar-refractivity contribution in [1.82, 2.24) is 15.0 Å². The summed E-state index contributed by atoms with van der Waals surface area (Å²) in [6.07, 6.45) is 0. The van der Waals surface area contributed by atoms with Crippen molar-refractivity contribution in [3.8, 4) is 34.5 Å². The highest BCUT2D eigenvalue weighted by molar-refractivity contribution is 6.09. The van der Waals surface area contributed by atoms with Crippen LogP contribution in [0.5, 0.6) is 34.5 Å². The van der Waals surface area contributed by atoms with Crippen LogP contribution in [0.2, 0.25) is 0 Å². The quantitative estimate of drug-likeness (QED) is 0.0525. The van der Waals surface area contributed by atoms with Gasteiger partial charge in [0.15, 0.2) is 0 Å². The van der Waals surface area contributed by atoms with Gasteiger partial charge in [-0.3, -0.25) is 28.8 Å². The molecule has 20 bridgehead atoms. The van der Waals surface area contributed by atoms with Gasteiger partial charge in [-0.05, 0) is 206 Å². The summed E-state index contributed by atoms with van der Waals surface area (Å²) in [5.41, 5.74) is 8.70. The van der Waals surface area contributed by atoms with E-state index in [9.17, 15) is 0 Å². The molecule has 0 aliphatic carbocycles. The highest BCUT2D eigenvalue weighted by Crippen LogP contribution is 2.55. The van der Waals surface area contributed by atoms with Crippen molar-refractivity contribution in [3.63, 3.8) is 0 Å². The number of pyridine rings is 3. The molecule has 0 radical (unpaired) electrons. The lowest BCUT2D eigenvalue weighted by molar-refractivity contribution is 0.0998. The van der Waals surface area contributed by atoms with Gasteiger partial charge in [0.1, 0.15) is 68.7 Å². The molecule has 6 amide bonds. The summed E-state index contributed by atoms with van der Waals surface area (Å²) < 4.78 is 40.7. The van der Waals surface area contributed by atoms with E-state index in [1.165, 1.54) is 36.4 Å². The maximum Gasteiger partial charge on any atom is 0.274 e. The summed E-state index contributed by atoms with van der Waals surface area (Å²) in [4.78, 5) is 106. The number of rotatable bonds is 16. The third-order valence-electron chi connectivity index (χ3n) is 19.2. The first-order chi connectivity index (χ1) is 51.7. The maximum atomic E-state index is 15.3. The van der Waals surface area contributed by atoms with Crippen molar-refractivity contribution in [2.24, 2.45) is 0 Å². The molecule has 0 unspecified atom stereocenters. The zero-order valence-corrected chi connectivity index (χ0v) is 64.8. The Labute approximate surface area is 632 Å². The van der Waals surface area contributed by atoms with E-state index in [1.807, 2.05) is 184 Å². The zero-order chi connectivity index (χ0) is 77.7. The molecule has 21 nitrogen and oxygen atoms in total. The molecule has 0 saturated carbocycles. The fraction of sp³-hybridized carbons (Fsp3) is 0.345. The van der Waals surface area contributed by atoms with Gasteiger partial charge in [-0.25, -0.2) is 15.0 Å². The number of carbonyl (C=O) groups is 6. The van der Waals surface area contributed by atoms with Gasteiger partial charge in [-0.15, -0.1) is 0 Å². The summed E-state index contributed by atoms with van der Waals surface area (Å²) >= 11 is 0. The number of ether oxygens (including phenoxy) is 6. The van der Waals surface area contributed by atoms with E-state index >= 15 is 28.8 Å². The lowest BCUT2D eigenvalue weighted by Crippen LogP contribution is -2.21. The number of benzene rings is 6. The van der Waals surface area contributed by atoms with Crippen LogP contribution >= 0.6 is 0 Å². The Balaban J connectivity index is 1.33. The number of hydrogen-bond acceptors (Lipinski definition) is 15. The van der Waals surface area contributed by atoms with Gasteiger partial charge in [-0.2, -0.15) is 0 Å². The van der Waals surface area contributed by atoms with Crippen LogP contribution in [0.1, 0.15) is 288 Å². The molecule has 3 aromatic heterocycles. The van der Waals surface area contributed by atoms with E-state index in [-0.39, 0.29) is 96.1 Å². The molecule has 21 heteroatoms. The highest BCUT2D eigenvalue weighted by Gasteiger charge is 2.37. The Bertz CT molecular complexity index is 4480. The first-order valence-electron chi connectivity index (χ1n) is 37.1. The number of methoxy groups -OCH3 is 2. The van der Waals surface area contributed by atoms with Crippen LogP contribution in [-0.2, 0) is 0 Å². The molecule has 0 saturated heterocycles. The third kappa shape index (κ3) is 16.1. The molecule has 0 spiro atoms. The monoisotopic (exact) mass is 1460 g/mol. The van der Waals surface area contributed by atoms with Crippen LogP contribution in [0.25, 0.3) is 0 Å². The van der Waals surface area contributed by atoms with Crippen molar-refractivity contribution < 1.29 is 57.2 Å². The van der Waals surface area contributed by atoms with E-state index in [0.717, 1.165) is 0 Å². The van der Waals surface area contributed by atoms with Gasteiger partial charge in [0, 0.05) is 79.3 Å². The number of fused-ring (bicyclic) bond motifs is 6. The van der Waals surface area contributed by atoms with E-state index in [1.54, 1.807) is 32.4 Å². The lowest BCUT2D eigenvalue weighted by Gasteiger charge is -2.31. The van der Waals surface area contributed by atoms with Gasteiger partial charge in [-0.1, -0.05) is 101 Å². The Morgan fingerprint density at radius 3 is 0.602 bits per heavy atom. The van der Waals surface area contributed by atoms with Gasteiger partial charge < -0.3 is 60.3 Å². The predicted molar refractivity (Wildman–Crippen MR) is 423 cm³/mol. The Morgan fingerprint density at radius 1 is 0.278 bits per heavy atom. The topological polar surface area (TPSA) is 269 Å². The van der Waals surface area contributed by atoms with Gasteiger partial charge in [0.25, 0.3) is 35.4 Å². The average molecular weight is 1460 g/mol. The first kappa shape index (κ1) is 77.5. The summed E-state index contributed by atoms with van der Waals surface area (Å²) in [6.45, 7) is 32.5. The van der Waals surface area contributed by atoms with Crippen molar-refractivity contribution in [2.75, 3.05) is 72.5 Å². The molecule has 0 atom stereocenters. The molecule has 12 rings (SSSR count). The minimum atomic E-state index is -1.02. The van der Waals surface area contributed by atoms with Crippen LogP contribution < -0.4 is 60.3 Å². The van der Waals surface area contributed by atoms with E-state index in [4.69, 9.17) is 43.4 Å². The molecule has 3 aliphatic heterocycles. The summed E-state index contributed by atoms with van der Waals surface area (Å²) in [5, 5.41) is 19.0. The lowest BCUT2D eigenvalue weighted by atomic mass is 9.78. The first-order valence-corrected chi connectivity index (χ1v) is 37.1. The van der Waals surface area contributed by atoms with Crippen molar-refractivity contribution in [3.05, 3.63) is 228 Å². The van der Waals surface area contributed by atoms with Crippen LogP contribution in [0, 0.1) is 0 Å². The second-order valence-corrected chi connectivity index (χ2v) is 28.8. The van der Waals surface area contributed by atoms with Crippen molar-refractivity contribution in [1.29, 1.82) is 0 Å². The molecule has 6 N–H and O–H groups in total. The normalized spacial score (nSPS) is 14.7. The van der Waals surface area contributed by atoms with E-state index < -0.39 is 47.3 Å². The standard InChI is InChI=1S/C87H97N9O12/c1-19-105-78-58(46(9)10)34-52-40-64(78)74-62-38-50(32-56(44(5)6)76(62)103-17)88-82(97)68-26-23-27-69(94-68)83(98)89-51-33-57(45(7)8)77(104-18)63(39-51)75(66-42-54(36-60(48(13)14)80(66)107-21-3)92-86(101)72-29-24-28-70(95-72)84(99)90-52)67-43-55(37-61(49(15)16)81(67)108-22-4)93-87(102)73-31-25-30-71(96-73)85(100)91-53-35-59(47(11)12)79(106-20-2)65(74)41-53/h23-49,74-75H,19-22H2,1-18H3,(H,88,97)(H,89,98)(H,90,99)(H,91,100)(H,92,101)(H,93,102). The Kier molecular flexibility index (Phi) is 23.7. The van der Waals surface area contributed by atoms with Gasteiger partial charge in [0.2, 0.25) is 0 Å². The molecule has 108 heavy (non-hydrogen) atoms. The van der Waals surface area contributed by atoms with Crippen molar-refractivity contribution in [2.45, 2.75) is 158 Å². The molecule has 562 valence electrons. The van der Waals surface area contributed by atoms with Crippen LogP contribution in [0.15, 0.2) is 127 Å². The zero-order valence-electron chi connectivity index (χ0n) is 64.8.